The molecule has 4 aliphatic carbocycles. The highest BCUT2D eigenvalue weighted by atomic mass is 19.1. The molecule has 0 aromatic heterocycles. The van der Waals surface area contributed by atoms with Gasteiger partial charge in [0.05, 0.1) is 18.8 Å². The van der Waals surface area contributed by atoms with Crippen molar-refractivity contribution in [3.8, 4) is 0 Å². The van der Waals surface area contributed by atoms with Gasteiger partial charge in [0.1, 0.15) is 12.2 Å². The highest BCUT2D eigenvalue weighted by Crippen LogP contribution is 2.72. The van der Waals surface area contributed by atoms with Crippen LogP contribution in [-0.2, 0) is 28.6 Å². The number of halogens is 2. The lowest BCUT2D eigenvalue weighted by atomic mass is 9.44. The van der Waals surface area contributed by atoms with Crippen molar-refractivity contribution in [3.63, 3.8) is 0 Å². The Morgan fingerprint density at radius 3 is 2.57 bits per heavy atom. The number of alkyl halides is 2. The zero-order valence-corrected chi connectivity index (χ0v) is 21.4. The summed E-state index contributed by atoms with van der Waals surface area (Å²) in [5.74, 6) is -4.22. The summed E-state index contributed by atoms with van der Waals surface area (Å²) in [6, 6.07) is -0.840. The summed E-state index contributed by atoms with van der Waals surface area (Å²) in [6.07, 6.45) is -0.0456. The summed E-state index contributed by atoms with van der Waals surface area (Å²) in [7, 11) is 0. The van der Waals surface area contributed by atoms with Crippen molar-refractivity contribution in [2.75, 3.05) is 6.61 Å². The summed E-state index contributed by atoms with van der Waals surface area (Å²) in [4.78, 5) is 38.2. The Bertz CT molecular complexity index is 1150. The molecule has 6 rings (SSSR count). The van der Waals surface area contributed by atoms with Crippen molar-refractivity contribution < 1.29 is 42.5 Å². The number of aliphatic hydroxyl groups is 1. The molecule has 8 nitrogen and oxygen atoms in total. The third kappa shape index (κ3) is 2.95. The highest BCUT2D eigenvalue weighted by molar-refractivity contribution is 6.01. The normalized spacial score (nSPS) is 51.5. The van der Waals surface area contributed by atoms with Gasteiger partial charge in [-0.2, -0.15) is 0 Å². The first-order valence-electron chi connectivity index (χ1n) is 13.0. The predicted molar refractivity (Wildman–Crippen MR) is 124 cm³/mol. The molecule has 0 bridgehead atoms. The second-order valence-corrected chi connectivity index (χ2v) is 12.4. The van der Waals surface area contributed by atoms with E-state index in [0.29, 0.717) is 6.42 Å². The van der Waals surface area contributed by atoms with E-state index in [2.05, 4.69) is 5.32 Å². The smallest absolute Gasteiger partial charge is 0.328 e. The number of carbonyl (C=O) groups is 3. The molecule has 1 amide bonds. The molecular formula is C27H33F2NO7. The van der Waals surface area contributed by atoms with E-state index < -0.39 is 81.8 Å². The fraction of sp³-hybridized carbons (Fsp3) is 0.741. The molecule has 0 unspecified atom stereocenters. The third-order valence-electron chi connectivity index (χ3n) is 10.2. The topological polar surface area (TPSA) is 111 Å². The third-order valence-corrected chi connectivity index (χ3v) is 10.2. The lowest BCUT2D eigenvalue weighted by molar-refractivity contribution is -0.249. The number of hydrogen-bond donors (Lipinski definition) is 2. The number of ketones is 1. The number of nitrogens with one attached hydrogen (secondary N) is 1. The number of allylic oxidation sites excluding steroid dienone is 4. The van der Waals surface area contributed by atoms with Gasteiger partial charge in [0.15, 0.2) is 22.8 Å². The quantitative estimate of drug-likeness (QED) is 0.536. The molecule has 37 heavy (non-hydrogen) atoms. The average molecular weight is 522 g/mol. The molecule has 0 aromatic rings. The number of cyclic esters (lactones) is 1. The highest BCUT2D eigenvalue weighted by Gasteiger charge is 2.81. The van der Waals surface area contributed by atoms with E-state index >= 15 is 8.78 Å². The molecule has 2 N–H and O–H groups in total. The molecule has 2 aliphatic heterocycles. The van der Waals surface area contributed by atoms with E-state index in [-0.39, 0.29) is 31.4 Å². The summed E-state index contributed by atoms with van der Waals surface area (Å²) < 4.78 is 50.7. The molecule has 0 spiro atoms. The van der Waals surface area contributed by atoms with Crippen LogP contribution < -0.4 is 5.32 Å². The van der Waals surface area contributed by atoms with Crippen molar-refractivity contribution in [2.45, 2.75) is 94.9 Å². The van der Waals surface area contributed by atoms with Gasteiger partial charge in [0.2, 0.25) is 0 Å². The molecule has 6 aliphatic rings. The van der Waals surface area contributed by atoms with Crippen molar-refractivity contribution in [1.29, 1.82) is 0 Å². The first-order valence-corrected chi connectivity index (χ1v) is 13.0. The number of amides is 1. The Kier molecular flexibility index (Phi) is 5.08. The molecule has 0 aromatic carbocycles. The Morgan fingerprint density at radius 1 is 1.16 bits per heavy atom. The van der Waals surface area contributed by atoms with Crippen LogP contribution >= 0.6 is 0 Å². The lowest BCUT2D eigenvalue weighted by Gasteiger charge is -2.63. The standard InChI is InChI=1S/C27H33F2NO7/c1-23(2)36-20-11-14-15-10-17(28)16-9-13(31)5-7-24(16,3)26(15,29)19(32)12-25(14,4)27(20,37-23)22(34)30-18-6-8-35-21(18)33/h5,7,9,14-15,17-20,32H,6,8,10-12H2,1-4H3,(H,30,34)/t14-,15-,17-,18-,19-,20+,24-,25-,26-,27-/m0/s1. The molecule has 10 atom stereocenters. The molecular weight excluding hydrogens is 488 g/mol. The minimum atomic E-state index is -2.27. The number of rotatable bonds is 2. The molecule has 2 heterocycles. The maximum atomic E-state index is 17.4. The van der Waals surface area contributed by atoms with E-state index in [1.807, 2.05) is 0 Å². The lowest BCUT2D eigenvalue weighted by Crippen LogP contribution is -2.71. The number of hydrogen-bond acceptors (Lipinski definition) is 7. The average Bonchev–Trinajstić information content (AvgIpc) is 3.41. The maximum Gasteiger partial charge on any atom is 0.328 e. The predicted octanol–water partition coefficient (Wildman–Crippen LogP) is 2.24. The minimum Gasteiger partial charge on any atom is -0.464 e. The van der Waals surface area contributed by atoms with Crippen LogP contribution in [0.4, 0.5) is 8.78 Å². The zero-order chi connectivity index (χ0) is 26.8. The van der Waals surface area contributed by atoms with Gasteiger partial charge < -0.3 is 24.6 Å². The van der Waals surface area contributed by atoms with Crippen LogP contribution in [-0.4, -0.2) is 70.9 Å². The van der Waals surface area contributed by atoms with Crippen molar-refractivity contribution >= 4 is 17.7 Å². The molecule has 3 saturated carbocycles. The molecule has 0 radical (unpaired) electrons. The van der Waals surface area contributed by atoms with Crippen LogP contribution in [0.1, 0.15) is 53.4 Å². The Morgan fingerprint density at radius 2 is 1.89 bits per heavy atom. The van der Waals surface area contributed by atoms with Gasteiger partial charge in [-0.25, -0.2) is 13.6 Å². The number of fused-ring (bicyclic) bond motifs is 7. The van der Waals surface area contributed by atoms with Crippen LogP contribution in [0.2, 0.25) is 0 Å². The van der Waals surface area contributed by atoms with E-state index in [4.69, 9.17) is 14.2 Å². The van der Waals surface area contributed by atoms with E-state index in [1.165, 1.54) is 19.1 Å². The van der Waals surface area contributed by atoms with Gasteiger partial charge in [-0.05, 0) is 63.7 Å². The van der Waals surface area contributed by atoms with Gasteiger partial charge >= 0.3 is 5.97 Å². The van der Waals surface area contributed by atoms with Crippen LogP contribution in [0.25, 0.3) is 0 Å². The first kappa shape index (κ1) is 25.1. The van der Waals surface area contributed by atoms with Gasteiger partial charge in [0.25, 0.3) is 5.91 Å². The van der Waals surface area contributed by atoms with E-state index in [0.717, 1.165) is 6.08 Å². The summed E-state index contributed by atoms with van der Waals surface area (Å²) >= 11 is 0. The fourth-order valence-electron chi connectivity index (χ4n) is 8.59. The van der Waals surface area contributed by atoms with Crippen LogP contribution in [0.3, 0.4) is 0 Å². The largest absolute Gasteiger partial charge is 0.464 e. The fourth-order valence-corrected chi connectivity index (χ4v) is 8.59. The molecule has 10 heteroatoms. The molecule has 2 saturated heterocycles. The summed E-state index contributed by atoms with van der Waals surface area (Å²) in [6.45, 7) is 6.87. The van der Waals surface area contributed by atoms with Gasteiger partial charge in [-0.15, -0.1) is 0 Å². The molecule has 202 valence electrons. The van der Waals surface area contributed by atoms with Gasteiger partial charge in [-0.3, -0.25) is 9.59 Å². The van der Waals surface area contributed by atoms with Crippen molar-refractivity contribution in [2.24, 2.45) is 22.7 Å². The zero-order valence-electron chi connectivity index (χ0n) is 21.4. The summed E-state index contributed by atoms with van der Waals surface area (Å²) in [5.41, 5.74) is -6.52. The summed E-state index contributed by atoms with van der Waals surface area (Å²) in [5, 5.41) is 14.3. The number of ether oxygens (including phenoxy) is 3. The SMILES string of the molecule is CC1(C)O[C@@H]2C[C@H]3[C@@H]4C[C@H](F)C5=CC(=O)C=C[C@]5(C)[C@@]4(F)[C@@H](O)C[C@]3(C)[C@]2(C(=O)N[C@H]2CCOC2=O)O1. The Hall–Kier alpha value is -2.17. The van der Waals surface area contributed by atoms with Crippen molar-refractivity contribution in [1.82, 2.24) is 5.32 Å². The van der Waals surface area contributed by atoms with Crippen LogP contribution in [0.15, 0.2) is 23.8 Å². The van der Waals surface area contributed by atoms with Crippen molar-refractivity contribution in [3.05, 3.63) is 23.8 Å². The Labute approximate surface area is 213 Å². The van der Waals surface area contributed by atoms with E-state index in [9.17, 15) is 19.5 Å². The van der Waals surface area contributed by atoms with Crippen LogP contribution in [0, 0.1) is 22.7 Å². The van der Waals surface area contributed by atoms with Crippen LogP contribution in [0.5, 0.6) is 0 Å². The Balaban J connectivity index is 1.44. The first-order chi connectivity index (χ1) is 17.2. The monoisotopic (exact) mass is 521 g/mol. The van der Waals surface area contributed by atoms with Gasteiger partial charge in [0, 0.05) is 23.2 Å². The number of carbonyl (C=O) groups excluding carboxylic acids is 3. The molecule has 5 fully saturated rings. The number of esters is 1. The second kappa shape index (κ2) is 7.48. The minimum absolute atomic E-state index is 0.0421. The number of aliphatic hydroxyl groups excluding tert-OH is 1. The van der Waals surface area contributed by atoms with Gasteiger partial charge in [-0.1, -0.05) is 13.0 Å². The second-order valence-electron chi connectivity index (χ2n) is 12.4. The van der Waals surface area contributed by atoms with E-state index in [1.54, 1.807) is 20.8 Å². The maximum absolute atomic E-state index is 17.4.